The fourth-order valence-corrected chi connectivity index (χ4v) is 9.34. The monoisotopic (exact) mass is 1330 g/mol. The van der Waals surface area contributed by atoms with Gasteiger partial charge in [0.25, 0.3) is 0 Å². The molecule has 0 bridgehead atoms. The first-order valence-corrected chi connectivity index (χ1v) is 27.3. The van der Waals surface area contributed by atoms with Crippen molar-refractivity contribution in [3.05, 3.63) is 53.1 Å². The van der Waals surface area contributed by atoms with Crippen molar-refractivity contribution in [3.63, 3.8) is 0 Å². The Morgan fingerprint density at radius 1 is 0.434 bits per heavy atom. The van der Waals surface area contributed by atoms with E-state index in [1.165, 1.54) is 19.9 Å². The van der Waals surface area contributed by atoms with Crippen LogP contribution in [-0.2, 0) is 122 Å². The average molecular weight is 1330 g/mol. The number of benzene rings is 2. The molecule has 0 radical (unpaired) electrons. The Morgan fingerprint density at radius 2 is 0.750 bits per heavy atom. The summed E-state index contributed by atoms with van der Waals surface area (Å²) in [5.41, 5.74) is -1.78. The number of hydrogen-bond donors (Lipinski definition) is 1. The van der Waals surface area contributed by atoms with Crippen LogP contribution in [0.3, 0.4) is 0 Å². The molecule has 0 aromatic heterocycles. The van der Waals surface area contributed by atoms with Gasteiger partial charge in [-0.15, -0.1) is 0 Å². The predicted molar refractivity (Wildman–Crippen MR) is 194 cm³/mol. The number of fused-ring (bicyclic) bond motifs is 2. The van der Waals surface area contributed by atoms with E-state index in [4.69, 9.17) is 9.47 Å². The first kappa shape index (κ1) is 92.1. The van der Waals surface area contributed by atoms with Crippen molar-refractivity contribution in [2.45, 2.75) is 62.0 Å². The number of aliphatic hydroxyl groups excluding tert-OH is 1. The molecular formula is C25H26Na8O35S8. The van der Waals surface area contributed by atoms with E-state index in [-0.39, 0.29) is 253 Å². The minimum absolute atomic E-state index is 0. The van der Waals surface area contributed by atoms with E-state index in [1.54, 1.807) is 0 Å². The molecule has 1 heterocycles. The molecule has 1 N–H and O–H groups in total. The van der Waals surface area contributed by atoms with E-state index in [2.05, 4.69) is 33.5 Å². The van der Waals surface area contributed by atoms with Crippen LogP contribution in [0.15, 0.2) is 36.4 Å². The number of hydrogen-bond acceptors (Lipinski definition) is 35. The van der Waals surface area contributed by atoms with E-state index in [0.717, 1.165) is 30.3 Å². The van der Waals surface area contributed by atoms with Gasteiger partial charge in [-0.3, -0.25) is 33.5 Å². The molecule has 0 spiro atoms. The van der Waals surface area contributed by atoms with Crippen LogP contribution in [0, 0.1) is 0 Å². The molecule has 0 saturated heterocycles. The van der Waals surface area contributed by atoms with Crippen LogP contribution in [0.5, 0.6) is 17.2 Å². The Bertz CT molecular complexity index is 3110. The van der Waals surface area contributed by atoms with Crippen LogP contribution < -0.4 is 246 Å². The molecule has 0 saturated carbocycles. The second-order valence-corrected chi connectivity index (χ2v) is 21.5. The van der Waals surface area contributed by atoms with Gasteiger partial charge in [0.2, 0.25) is 83.2 Å². The molecule has 7 atom stereocenters. The second kappa shape index (κ2) is 36.4. The molecule has 2 aromatic rings. The standard InChI is InChI=1S/C25H34O35S8.8Na/c1-25(2)14-5-3-12(21(26)24(60-68(48,49)50)23(59-67(45,46)47)20(57-65(39,40)41)11-53-62(30,31)32)7-16(14)54-17-8-13(4-6-15(17)25)51-9-18(55-63(33,34)35)22(58-66(42,43)44)19(56-64(36,37)38)10-52-61(27,28)29;;;;;;;;/h3-8,18-24,26H,9-11H2,1-2H3,(H,27,28,29)(H,30,31,32)(H,33,34,35)(H,36,37,38)(H,39,40,41)(H,42,43,44)(H,45,46,47)(H,48,49,50);;;;;;;;/q;8*+1/p-8/t18-,19-,20-,21?,22+,23-,24-;;;;;;;;/m1......../s1. The maximum Gasteiger partial charge on any atom is 1.00 e. The fraction of sp³-hybridized carbons (Fsp3) is 0.520. The molecule has 392 valence electrons. The SMILES string of the molecule is CC1(C)c2ccc(OC[C@@H](OS(=O)(=O)[O-])[C@H](OS(=O)(=O)[O-])[C@@H](COS(=O)(=O)[O-])OS(=O)(=O)[O-])cc2Oc2cc(C(O)[C@@H](OS(=O)(=O)[O-])[C@H](OS(=O)(=O)[O-])[C@@H](COS(=O)(=O)[O-])OS(=O)(=O)[O-])ccc21.[Na+].[Na+].[Na+].[Na+].[Na+].[Na+].[Na+].[Na+]. The minimum atomic E-state index is -6.33. The predicted octanol–water partition coefficient (Wildman–Crippen LogP) is -29.4. The first-order chi connectivity index (χ1) is 30.3. The number of rotatable bonds is 27. The third-order valence-electron chi connectivity index (χ3n) is 8.18. The Labute approximate surface area is 612 Å². The quantitative estimate of drug-likeness (QED) is 0.0493. The van der Waals surface area contributed by atoms with Gasteiger partial charge < -0.3 is 51.0 Å². The van der Waals surface area contributed by atoms with Crippen LogP contribution >= 0.6 is 0 Å². The maximum atomic E-state index is 11.8. The molecule has 76 heavy (non-hydrogen) atoms. The topological polar surface area (TPSA) is 570 Å². The van der Waals surface area contributed by atoms with Gasteiger partial charge in [-0.2, -0.15) is 0 Å². The van der Waals surface area contributed by atoms with Gasteiger partial charge in [-0.25, -0.2) is 67.3 Å². The molecular weight excluding hydrogens is 1300 g/mol. The molecule has 1 unspecified atom stereocenters. The summed E-state index contributed by atoms with van der Waals surface area (Å²) in [4.78, 5) is 0. The minimum Gasteiger partial charge on any atom is -0.726 e. The third kappa shape index (κ3) is 34.5. The summed E-state index contributed by atoms with van der Waals surface area (Å²) in [6.07, 6.45) is -22.0. The van der Waals surface area contributed by atoms with E-state index in [0.29, 0.717) is 0 Å². The van der Waals surface area contributed by atoms with Crippen LogP contribution in [0.25, 0.3) is 0 Å². The summed E-state index contributed by atoms with van der Waals surface area (Å²) in [5.74, 6) is -1.34. The van der Waals surface area contributed by atoms with E-state index in [1.807, 2.05) is 0 Å². The Hall–Kier alpha value is 4.96. The molecule has 2 aromatic carbocycles. The van der Waals surface area contributed by atoms with Gasteiger partial charge in [0.15, 0.2) is 0 Å². The average Bonchev–Trinajstić information content (AvgIpc) is 3.10. The fourth-order valence-electron chi connectivity index (χ4n) is 5.82. The van der Waals surface area contributed by atoms with Gasteiger partial charge in [0, 0.05) is 22.6 Å². The summed E-state index contributed by atoms with van der Waals surface area (Å²) >= 11 is 0. The summed E-state index contributed by atoms with van der Waals surface area (Å²) < 4.78 is 317. The van der Waals surface area contributed by atoms with Crippen molar-refractivity contribution in [2.24, 2.45) is 0 Å². The van der Waals surface area contributed by atoms with Crippen LogP contribution in [0.4, 0.5) is 0 Å². The van der Waals surface area contributed by atoms with Crippen molar-refractivity contribution in [3.8, 4) is 17.2 Å². The summed E-state index contributed by atoms with van der Waals surface area (Å²) in [7, 11) is -49.2. The Kier molecular flexibility index (Phi) is 44.2. The van der Waals surface area contributed by atoms with Crippen molar-refractivity contribution >= 4 is 83.2 Å². The normalized spacial score (nSPS) is 16.2. The molecule has 0 aliphatic carbocycles. The van der Waals surface area contributed by atoms with Crippen LogP contribution in [0.1, 0.15) is 36.6 Å². The summed E-state index contributed by atoms with van der Waals surface area (Å²) in [5, 5.41) is 11.3. The van der Waals surface area contributed by atoms with Crippen molar-refractivity contribution < 1.29 is 388 Å². The smallest absolute Gasteiger partial charge is 0.726 e. The van der Waals surface area contributed by atoms with Gasteiger partial charge in [0.1, 0.15) is 66.6 Å². The Balaban J connectivity index is -0.00000153. The zero-order chi connectivity index (χ0) is 52.4. The van der Waals surface area contributed by atoms with Crippen LogP contribution in [-0.4, -0.2) is 165 Å². The van der Waals surface area contributed by atoms with E-state index >= 15 is 0 Å². The molecule has 35 nitrogen and oxygen atoms in total. The second-order valence-electron chi connectivity index (χ2n) is 13.3. The van der Waals surface area contributed by atoms with Crippen molar-refractivity contribution in [1.29, 1.82) is 0 Å². The van der Waals surface area contributed by atoms with Crippen molar-refractivity contribution in [1.82, 2.24) is 0 Å². The zero-order valence-electron chi connectivity index (χ0n) is 40.7. The molecule has 1 aliphatic heterocycles. The van der Waals surface area contributed by atoms with E-state index in [9.17, 15) is 109 Å². The molecule has 0 amide bonds. The number of aliphatic hydroxyl groups is 1. The molecule has 51 heteroatoms. The van der Waals surface area contributed by atoms with E-state index < -0.39 is 168 Å². The Morgan fingerprint density at radius 3 is 1.12 bits per heavy atom. The first-order valence-electron chi connectivity index (χ1n) is 16.6. The van der Waals surface area contributed by atoms with Gasteiger partial charge in [-0.1, -0.05) is 32.0 Å². The van der Waals surface area contributed by atoms with Gasteiger partial charge >= 0.3 is 236 Å². The van der Waals surface area contributed by atoms with Crippen LogP contribution in [0.2, 0.25) is 0 Å². The van der Waals surface area contributed by atoms with Crippen molar-refractivity contribution in [2.75, 3.05) is 19.8 Å². The maximum absolute atomic E-state index is 11.8. The molecule has 1 aliphatic rings. The zero-order valence-corrected chi connectivity index (χ0v) is 63.3. The molecule has 3 rings (SSSR count). The summed E-state index contributed by atoms with van der Waals surface area (Å²) in [6, 6.07) is 5.80. The molecule has 0 fully saturated rings. The van der Waals surface area contributed by atoms with Gasteiger partial charge in [0.05, 0.1) is 13.2 Å². The summed E-state index contributed by atoms with van der Waals surface area (Å²) in [6.45, 7) is -2.79. The van der Waals surface area contributed by atoms with Gasteiger partial charge in [-0.05, 0) is 17.7 Å². The number of ether oxygens (including phenoxy) is 2. The third-order valence-corrected chi connectivity index (χ3v) is 11.9. The largest absolute Gasteiger partial charge is 1.00 e.